The first-order valence-electron chi connectivity index (χ1n) is 8.43. The predicted octanol–water partition coefficient (Wildman–Crippen LogP) is 2.54. The fourth-order valence-electron chi connectivity index (χ4n) is 2.80. The molecule has 1 aliphatic rings. The summed E-state index contributed by atoms with van der Waals surface area (Å²) in [5.74, 6) is 0.724. The first-order chi connectivity index (χ1) is 11.8. The lowest BCUT2D eigenvalue weighted by molar-refractivity contribution is -0.116. The van der Waals surface area contributed by atoms with E-state index in [9.17, 15) is 4.79 Å². The van der Waals surface area contributed by atoms with Crippen molar-refractivity contribution in [2.24, 2.45) is 0 Å². The maximum absolute atomic E-state index is 11.6. The molecule has 1 fully saturated rings. The second-order valence-corrected chi connectivity index (χ2v) is 5.88. The van der Waals surface area contributed by atoms with Crippen LogP contribution >= 0.6 is 0 Å². The molecule has 1 N–H and O–H groups in total. The van der Waals surface area contributed by atoms with Gasteiger partial charge in [-0.2, -0.15) is 0 Å². The van der Waals surface area contributed by atoms with Gasteiger partial charge in [0.2, 0.25) is 11.9 Å². The van der Waals surface area contributed by atoms with Gasteiger partial charge >= 0.3 is 0 Å². The summed E-state index contributed by atoms with van der Waals surface area (Å²) in [5.41, 5.74) is 1.91. The molecule has 2 aromatic rings. The molecule has 2 heterocycles. The summed E-state index contributed by atoms with van der Waals surface area (Å²) in [6.45, 7) is 5.64. The van der Waals surface area contributed by atoms with Crippen LogP contribution in [0.4, 0.5) is 17.3 Å². The van der Waals surface area contributed by atoms with Crippen LogP contribution in [0.2, 0.25) is 0 Å². The van der Waals surface area contributed by atoms with Gasteiger partial charge in [-0.05, 0) is 18.6 Å². The minimum absolute atomic E-state index is 0.00493. The Bertz CT molecular complexity index is 651. The zero-order valence-corrected chi connectivity index (χ0v) is 14.0. The second-order valence-electron chi connectivity index (χ2n) is 5.88. The molecule has 0 radical (unpaired) electrons. The standard InChI is InChI=1S/C18H23N5O/c1-2-6-17(24)21-15-13-19-18(20-14-15)23-11-9-22(10-12-23)16-7-4-3-5-8-16/h3-5,7-8,13-14H,2,6,9-12H2,1H3,(H,21,24). The monoisotopic (exact) mass is 325 g/mol. The van der Waals surface area contributed by atoms with Crippen LogP contribution in [-0.4, -0.2) is 42.1 Å². The van der Waals surface area contributed by atoms with Crippen LogP contribution in [0.1, 0.15) is 19.8 Å². The van der Waals surface area contributed by atoms with Gasteiger partial charge in [-0.15, -0.1) is 0 Å². The highest BCUT2D eigenvalue weighted by molar-refractivity contribution is 5.90. The third-order valence-corrected chi connectivity index (χ3v) is 4.08. The molecule has 1 aliphatic heterocycles. The average molecular weight is 325 g/mol. The van der Waals surface area contributed by atoms with E-state index >= 15 is 0 Å². The van der Waals surface area contributed by atoms with Crippen LogP contribution in [0.5, 0.6) is 0 Å². The number of piperazine rings is 1. The number of amides is 1. The lowest BCUT2D eigenvalue weighted by Gasteiger charge is -2.36. The first-order valence-corrected chi connectivity index (χ1v) is 8.43. The van der Waals surface area contributed by atoms with Crippen molar-refractivity contribution in [1.82, 2.24) is 9.97 Å². The van der Waals surface area contributed by atoms with E-state index < -0.39 is 0 Å². The molecule has 0 aliphatic carbocycles. The summed E-state index contributed by atoms with van der Waals surface area (Å²) < 4.78 is 0. The largest absolute Gasteiger partial charge is 0.368 e. The molecule has 126 valence electrons. The molecule has 0 bridgehead atoms. The molecule has 0 spiro atoms. The van der Waals surface area contributed by atoms with E-state index in [1.54, 1.807) is 12.4 Å². The van der Waals surface area contributed by atoms with Crippen LogP contribution in [0.25, 0.3) is 0 Å². The van der Waals surface area contributed by atoms with Crippen molar-refractivity contribution in [3.63, 3.8) is 0 Å². The molecule has 24 heavy (non-hydrogen) atoms. The Morgan fingerprint density at radius 1 is 1.04 bits per heavy atom. The zero-order chi connectivity index (χ0) is 16.8. The van der Waals surface area contributed by atoms with Gasteiger partial charge in [0.05, 0.1) is 18.1 Å². The summed E-state index contributed by atoms with van der Waals surface area (Å²) in [6.07, 6.45) is 4.71. The van der Waals surface area contributed by atoms with Gasteiger partial charge in [-0.3, -0.25) is 4.79 Å². The highest BCUT2D eigenvalue weighted by Crippen LogP contribution is 2.18. The van der Waals surface area contributed by atoms with E-state index in [1.165, 1.54) is 5.69 Å². The van der Waals surface area contributed by atoms with Gasteiger partial charge in [-0.1, -0.05) is 25.1 Å². The zero-order valence-electron chi connectivity index (χ0n) is 14.0. The molecule has 1 saturated heterocycles. The Balaban J connectivity index is 1.55. The smallest absolute Gasteiger partial charge is 0.225 e. The second kappa shape index (κ2) is 7.77. The van der Waals surface area contributed by atoms with E-state index in [-0.39, 0.29) is 5.91 Å². The Morgan fingerprint density at radius 3 is 2.29 bits per heavy atom. The fraction of sp³-hybridized carbons (Fsp3) is 0.389. The quantitative estimate of drug-likeness (QED) is 0.915. The summed E-state index contributed by atoms with van der Waals surface area (Å²) in [7, 11) is 0. The van der Waals surface area contributed by atoms with Crippen LogP contribution in [-0.2, 0) is 4.79 Å². The number of hydrogen-bond acceptors (Lipinski definition) is 5. The van der Waals surface area contributed by atoms with E-state index in [1.807, 2.05) is 13.0 Å². The topological polar surface area (TPSA) is 61.4 Å². The van der Waals surface area contributed by atoms with Gasteiger partial charge in [0, 0.05) is 38.3 Å². The van der Waals surface area contributed by atoms with E-state index in [0.717, 1.165) is 38.5 Å². The number of aromatic nitrogens is 2. The number of rotatable bonds is 5. The molecule has 1 amide bonds. The summed E-state index contributed by atoms with van der Waals surface area (Å²) in [4.78, 5) is 24.9. The molecule has 1 aromatic heterocycles. The predicted molar refractivity (Wildman–Crippen MR) is 96.4 cm³/mol. The number of benzene rings is 1. The maximum atomic E-state index is 11.6. The Hall–Kier alpha value is -2.63. The van der Waals surface area contributed by atoms with Gasteiger partial charge in [0.1, 0.15) is 0 Å². The lowest BCUT2D eigenvalue weighted by atomic mass is 10.2. The van der Waals surface area contributed by atoms with Crippen LogP contribution < -0.4 is 15.1 Å². The number of hydrogen-bond donors (Lipinski definition) is 1. The molecule has 1 aromatic carbocycles. The van der Waals surface area contributed by atoms with Crippen molar-refractivity contribution in [2.45, 2.75) is 19.8 Å². The molecular weight excluding hydrogens is 302 g/mol. The third kappa shape index (κ3) is 4.01. The number of para-hydroxylation sites is 1. The van der Waals surface area contributed by atoms with Crippen molar-refractivity contribution in [3.8, 4) is 0 Å². The Labute approximate surface area is 142 Å². The molecular formula is C18H23N5O. The number of nitrogens with zero attached hydrogens (tertiary/aromatic N) is 4. The number of carbonyl (C=O) groups is 1. The summed E-state index contributed by atoms with van der Waals surface area (Å²) >= 11 is 0. The van der Waals surface area contributed by atoms with Gasteiger partial charge in [-0.25, -0.2) is 9.97 Å². The first kappa shape index (κ1) is 16.2. The van der Waals surface area contributed by atoms with Gasteiger partial charge in [0.25, 0.3) is 0 Å². The number of nitrogens with one attached hydrogen (secondary N) is 1. The van der Waals surface area contributed by atoms with Crippen molar-refractivity contribution < 1.29 is 4.79 Å². The van der Waals surface area contributed by atoms with Crippen molar-refractivity contribution in [1.29, 1.82) is 0 Å². The summed E-state index contributed by atoms with van der Waals surface area (Å²) in [6, 6.07) is 10.4. The maximum Gasteiger partial charge on any atom is 0.225 e. The van der Waals surface area contributed by atoms with Crippen molar-refractivity contribution in [2.75, 3.05) is 41.3 Å². The van der Waals surface area contributed by atoms with Gasteiger partial charge in [0.15, 0.2) is 0 Å². The van der Waals surface area contributed by atoms with E-state index in [4.69, 9.17) is 0 Å². The fourth-order valence-corrected chi connectivity index (χ4v) is 2.80. The SMILES string of the molecule is CCCC(=O)Nc1cnc(N2CCN(c3ccccc3)CC2)nc1. The number of carbonyl (C=O) groups excluding carboxylic acids is 1. The molecule has 0 atom stereocenters. The van der Waals surface area contributed by atoms with Crippen LogP contribution in [0.3, 0.4) is 0 Å². The number of anilines is 3. The van der Waals surface area contributed by atoms with E-state index in [0.29, 0.717) is 12.1 Å². The van der Waals surface area contributed by atoms with E-state index in [2.05, 4.69) is 49.4 Å². The summed E-state index contributed by atoms with van der Waals surface area (Å²) in [5, 5.41) is 2.81. The third-order valence-electron chi connectivity index (χ3n) is 4.08. The molecule has 6 nitrogen and oxygen atoms in total. The highest BCUT2D eigenvalue weighted by atomic mass is 16.1. The lowest BCUT2D eigenvalue weighted by Crippen LogP contribution is -2.47. The molecule has 6 heteroatoms. The Morgan fingerprint density at radius 2 is 1.67 bits per heavy atom. The normalized spacial score (nSPS) is 14.5. The molecule has 0 saturated carbocycles. The molecule has 0 unspecified atom stereocenters. The molecule has 3 rings (SSSR count). The average Bonchev–Trinajstić information content (AvgIpc) is 2.63. The van der Waals surface area contributed by atoms with Crippen LogP contribution in [0, 0.1) is 0 Å². The van der Waals surface area contributed by atoms with Gasteiger partial charge < -0.3 is 15.1 Å². The minimum Gasteiger partial charge on any atom is -0.368 e. The Kier molecular flexibility index (Phi) is 5.25. The van der Waals surface area contributed by atoms with Crippen molar-refractivity contribution in [3.05, 3.63) is 42.7 Å². The van der Waals surface area contributed by atoms with Crippen LogP contribution in [0.15, 0.2) is 42.7 Å². The highest BCUT2D eigenvalue weighted by Gasteiger charge is 2.19. The minimum atomic E-state index is 0.00493. The van der Waals surface area contributed by atoms with Crippen molar-refractivity contribution >= 4 is 23.2 Å².